The zero-order chi connectivity index (χ0) is 20.7. The lowest BCUT2D eigenvalue weighted by Crippen LogP contribution is -2.08. The lowest BCUT2D eigenvalue weighted by Gasteiger charge is -2.10. The highest BCUT2D eigenvalue weighted by Gasteiger charge is 2.20. The Morgan fingerprint density at radius 2 is 2.03 bits per heavy atom. The number of nitrogens with two attached hydrogens (primary N) is 1. The second-order valence-electron chi connectivity index (χ2n) is 6.05. The van der Waals surface area contributed by atoms with Crippen LogP contribution in [0.1, 0.15) is 10.5 Å². The Morgan fingerprint density at radius 1 is 1.24 bits per heavy atom. The number of carboxylic acid groups (broad SMARTS) is 1. The lowest BCUT2D eigenvalue weighted by molar-refractivity contribution is 0.0691. The van der Waals surface area contributed by atoms with Crippen molar-refractivity contribution < 1.29 is 19.0 Å². The molecule has 8 nitrogen and oxygen atoms in total. The molecule has 3 aromatic heterocycles. The Kier molecular flexibility index (Phi) is 4.51. The van der Waals surface area contributed by atoms with Crippen molar-refractivity contribution in [1.29, 1.82) is 0 Å². The van der Waals surface area contributed by atoms with Gasteiger partial charge in [0.25, 0.3) is 0 Å². The van der Waals surface area contributed by atoms with Crippen LogP contribution in [0.5, 0.6) is 5.75 Å². The standard InChI is InChI=1S/C19H13ClFN5O3/c1-29-13-3-2-8(21)4-9(13)10-5-24-18-14(10)15(20)11(6-25-18)12-7-23-17(22)16(26-12)19(27)28/h2-7H,1H3,(H2,22,23)(H,24,25)(H,27,28). The maximum Gasteiger partial charge on any atom is 0.358 e. The fourth-order valence-electron chi connectivity index (χ4n) is 3.02. The Bertz CT molecular complexity index is 1270. The predicted octanol–water partition coefficient (Wildman–Crippen LogP) is 3.77. The number of methoxy groups -OCH3 is 1. The van der Waals surface area contributed by atoms with Gasteiger partial charge in [-0.15, -0.1) is 0 Å². The second kappa shape index (κ2) is 7.02. The van der Waals surface area contributed by atoms with E-state index < -0.39 is 11.8 Å². The smallest absolute Gasteiger partial charge is 0.358 e. The number of nitrogens with zero attached hydrogens (tertiary/aromatic N) is 3. The number of rotatable bonds is 4. The summed E-state index contributed by atoms with van der Waals surface area (Å²) >= 11 is 6.64. The van der Waals surface area contributed by atoms with E-state index in [1.165, 1.54) is 37.7 Å². The van der Waals surface area contributed by atoms with Crippen LogP contribution in [-0.4, -0.2) is 38.1 Å². The second-order valence-corrected chi connectivity index (χ2v) is 6.43. The molecule has 0 spiro atoms. The highest BCUT2D eigenvalue weighted by molar-refractivity contribution is 6.39. The first-order chi connectivity index (χ1) is 13.9. The summed E-state index contributed by atoms with van der Waals surface area (Å²) in [6.45, 7) is 0. The number of fused-ring (bicyclic) bond motifs is 1. The number of benzene rings is 1. The third-order valence-electron chi connectivity index (χ3n) is 4.37. The van der Waals surface area contributed by atoms with Crippen LogP contribution >= 0.6 is 11.6 Å². The van der Waals surface area contributed by atoms with Crippen LogP contribution < -0.4 is 10.5 Å². The quantitative estimate of drug-likeness (QED) is 0.464. The van der Waals surface area contributed by atoms with E-state index in [1.807, 2.05) is 0 Å². The average molecular weight is 414 g/mol. The number of nitrogen functional groups attached to an aromatic ring is 1. The van der Waals surface area contributed by atoms with Gasteiger partial charge in [0.15, 0.2) is 11.5 Å². The number of nitrogens with one attached hydrogen (secondary N) is 1. The highest BCUT2D eigenvalue weighted by Crippen LogP contribution is 2.41. The molecule has 0 aliphatic rings. The van der Waals surface area contributed by atoms with Crippen molar-refractivity contribution in [2.75, 3.05) is 12.8 Å². The predicted molar refractivity (Wildman–Crippen MR) is 105 cm³/mol. The molecule has 0 fully saturated rings. The topological polar surface area (TPSA) is 127 Å². The number of hydrogen-bond acceptors (Lipinski definition) is 6. The van der Waals surface area contributed by atoms with Gasteiger partial charge < -0.3 is 20.6 Å². The molecule has 0 unspecified atom stereocenters. The zero-order valence-corrected chi connectivity index (χ0v) is 15.7. The lowest BCUT2D eigenvalue weighted by atomic mass is 10.0. The maximum atomic E-state index is 13.9. The maximum absolute atomic E-state index is 13.9. The molecule has 4 aromatic rings. The Morgan fingerprint density at radius 3 is 2.76 bits per heavy atom. The molecule has 4 N–H and O–H groups in total. The van der Waals surface area contributed by atoms with Crippen LogP contribution in [0.25, 0.3) is 33.4 Å². The van der Waals surface area contributed by atoms with Crippen LogP contribution in [-0.2, 0) is 0 Å². The molecule has 0 aliphatic heterocycles. The molecule has 29 heavy (non-hydrogen) atoms. The highest BCUT2D eigenvalue weighted by atomic mass is 35.5. The van der Waals surface area contributed by atoms with E-state index >= 15 is 0 Å². The number of aromatic nitrogens is 4. The zero-order valence-electron chi connectivity index (χ0n) is 14.9. The van der Waals surface area contributed by atoms with E-state index in [0.717, 1.165) is 0 Å². The summed E-state index contributed by atoms with van der Waals surface area (Å²) in [5.74, 6) is -1.51. The number of carbonyl (C=O) groups is 1. The first-order valence-corrected chi connectivity index (χ1v) is 8.64. The monoisotopic (exact) mass is 413 g/mol. The van der Waals surface area contributed by atoms with Crippen molar-refractivity contribution in [3.8, 4) is 28.1 Å². The van der Waals surface area contributed by atoms with Crippen molar-refractivity contribution in [3.05, 3.63) is 53.3 Å². The van der Waals surface area contributed by atoms with Crippen LogP contribution in [0.4, 0.5) is 10.2 Å². The molecule has 0 saturated carbocycles. The van der Waals surface area contributed by atoms with Gasteiger partial charge in [-0.2, -0.15) is 0 Å². The van der Waals surface area contributed by atoms with Gasteiger partial charge in [0.1, 0.15) is 17.2 Å². The van der Waals surface area contributed by atoms with Gasteiger partial charge in [0.05, 0.1) is 24.0 Å². The van der Waals surface area contributed by atoms with E-state index in [9.17, 15) is 14.3 Å². The molecule has 1 aromatic carbocycles. The molecule has 0 aliphatic carbocycles. The SMILES string of the molecule is COc1ccc(F)cc1-c1c[nH]c2ncc(-c3cnc(N)c(C(=O)O)n3)c(Cl)c12. The first-order valence-electron chi connectivity index (χ1n) is 8.26. The van der Waals surface area contributed by atoms with E-state index in [4.69, 9.17) is 22.1 Å². The molecule has 0 radical (unpaired) electrons. The number of aromatic amines is 1. The van der Waals surface area contributed by atoms with Gasteiger partial charge >= 0.3 is 5.97 Å². The number of pyridine rings is 1. The van der Waals surface area contributed by atoms with Crippen molar-refractivity contribution in [2.24, 2.45) is 0 Å². The fourth-order valence-corrected chi connectivity index (χ4v) is 3.36. The summed E-state index contributed by atoms with van der Waals surface area (Å²) in [4.78, 5) is 26.5. The van der Waals surface area contributed by atoms with E-state index in [2.05, 4.69) is 19.9 Å². The Hall–Kier alpha value is -3.72. The normalized spacial score (nSPS) is 11.0. The molecule has 4 rings (SSSR count). The van der Waals surface area contributed by atoms with Gasteiger partial charge in [-0.3, -0.25) is 0 Å². The molecule has 0 bridgehead atoms. The first kappa shape index (κ1) is 18.6. The Balaban J connectivity index is 1.96. The van der Waals surface area contributed by atoms with Gasteiger partial charge in [0.2, 0.25) is 0 Å². The van der Waals surface area contributed by atoms with Crippen LogP contribution in [0.3, 0.4) is 0 Å². The number of carboxylic acids is 1. The number of halogens is 2. The average Bonchev–Trinajstić information content (AvgIpc) is 3.13. The van der Waals surface area contributed by atoms with Gasteiger partial charge in [0, 0.05) is 34.5 Å². The largest absolute Gasteiger partial charge is 0.496 e. The van der Waals surface area contributed by atoms with Crippen LogP contribution in [0, 0.1) is 5.82 Å². The molecular weight excluding hydrogens is 401 g/mol. The summed E-state index contributed by atoms with van der Waals surface area (Å²) in [7, 11) is 1.48. The van der Waals surface area contributed by atoms with Crippen LogP contribution in [0.2, 0.25) is 5.02 Å². The van der Waals surface area contributed by atoms with Crippen molar-refractivity contribution in [3.63, 3.8) is 0 Å². The van der Waals surface area contributed by atoms with E-state index in [0.29, 0.717) is 33.5 Å². The van der Waals surface area contributed by atoms with E-state index in [1.54, 1.807) is 6.20 Å². The van der Waals surface area contributed by atoms with Gasteiger partial charge in [-0.1, -0.05) is 11.6 Å². The third kappa shape index (κ3) is 3.11. The minimum Gasteiger partial charge on any atom is -0.496 e. The van der Waals surface area contributed by atoms with Crippen molar-refractivity contribution in [2.45, 2.75) is 0 Å². The Labute approximate surface area is 168 Å². The van der Waals surface area contributed by atoms with Crippen molar-refractivity contribution >= 4 is 34.4 Å². The summed E-state index contributed by atoms with van der Waals surface area (Å²) in [6, 6.07) is 4.13. The van der Waals surface area contributed by atoms with Crippen molar-refractivity contribution in [1.82, 2.24) is 19.9 Å². The molecular formula is C19H13ClFN5O3. The van der Waals surface area contributed by atoms with Gasteiger partial charge in [-0.25, -0.2) is 24.1 Å². The minimum atomic E-state index is -1.31. The number of H-pyrrole nitrogens is 1. The van der Waals surface area contributed by atoms with Crippen LogP contribution in [0.15, 0.2) is 36.8 Å². The molecule has 0 atom stereocenters. The minimum absolute atomic E-state index is 0.189. The summed E-state index contributed by atoms with van der Waals surface area (Å²) in [5, 5.41) is 9.98. The molecule has 146 valence electrons. The summed E-state index contributed by atoms with van der Waals surface area (Å²) < 4.78 is 19.2. The number of anilines is 1. The van der Waals surface area contributed by atoms with E-state index in [-0.39, 0.29) is 22.2 Å². The number of aromatic carboxylic acids is 1. The molecule has 3 heterocycles. The fraction of sp³-hybridized carbons (Fsp3) is 0.0526. The number of hydrogen-bond donors (Lipinski definition) is 3. The summed E-state index contributed by atoms with van der Waals surface area (Å²) in [5.41, 5.74) is 7.23. The number of ether oxygens (including phenoxy) is 1. The molecule has 0 saturated heterocycles. The molecule has 10 heteroatoms. The van der Waals surface area contributed by atoms with Gasteiger partial charge in [-0.05, 0) is 18.2 Å². The third-order valence-corrected chi connectivity index (χ3v) is 4.76. The molecule has 0 amide bonds. The summed E-state index contributed by atoms with van der Waals surface area (Å²) in [6.07, 6.45) is 4.40.